The van der Waals surface area contributed by atoms with Crippen LogP contribution in [0, 0.1) is 0 Å². The van der Waals surface area contributed by atoms with E-state index in [4.69, 9.17) is 10.2 Å². The Kier molecular flexibility index (Phi) is 4.66. The summed E-state index contributed by atoms with van der Waals surface area (Å²) in [6.45, 7) is 0.310. The quantitative estimate of drug-likeness (QED) is 0.574. The number of Topliss-reactive ketones (excluding diaryl/α,β-unsaturated/α-hetero) is 1. The number of phenolic OH excluding ortho intramolecular Hbond substituents is 1. The Hall–Kier alpha value is -1.88. The lowest BCUT2D eigenvalue weighted by Gasteiger charge is -2.15. The summed E-state index contributed by atoms with van der Waals surface area (Å²) in [5.41, 5.74) is 0.239. The summed E-state index contributed by atoms with van der Waals surface area (Å²) in [6.07, 6.45) is 0.436. The van der Waals surface area contributed by atoms with E-state index in [9.17, 15) is 9.59 Å². The number of rotatable bonds is 5. The Morgan fingerprint density at radius 2 is 1.82 bits per heavy atom. The minimum absolute atomic E-state index is 0.0228. The van der Waals surface area contributed by atoms with Gasteiger partial charge in [0.15, 0.2) is 0 Å². The first-order chi connectivity index (χ1) is 8.06. The molecule has 1 aromatic carbocycles. The number of phenols is 1. The highest BCUT2D eigenvalue weighted by Crippen LogP contribution is 2.10. The number of hydrogen-bond acceptors (Lipinski definition) is 4. The van der Waals surface area contributed by atoms with Crippen molar-refractivity contribution in [3.8, 4) is 5.75 Å². The van der Waals surface area contributed by atoms with E-state index in [1.165, 1.54) is 36.2 Å². The molecule has 0 saturated carbocycles. The largest absolute Gasteiger partial charge is 0.508 e. The second-order valence-electron chi connectivity index (χ2n) is 3.68. The molecule has 0 radical (unpaired) electrons. The highest BCUT2D eigenvalue weighted by Gasteiger charge is 2.19. The van der Waals surface area contributed by atoms with Crippen molar-refractivity contribution in [2.24, 2.45) is 0 Å². The minimum atomic E-state index is -0.621. The van der Waals surface area contributed by atoms with Gasteiger partial charge < -0.3 is 15.1 Å². The topological polar surface area (TPSA) is 77.8 Å². The molecule has 17 heavy (non-hydrogen) atoms. The third-order valence-electron chi connectivity index (χ3n) is 2.32. The number of likely N-dealkylation sites (N-methyl/N-ethyl adjacent to an activating group) is 1. The zero-order valence-electron chi connectivity index (χ0n) is 9.59. The van der Waals surface area contributed by atoms with Gasteiger partial charge in [-0.15, -0.1) is 0 Å². The standard InChI is InChI=1S/C12H15NO4/c1-13(7-2-8-14)12(17)11(16)9-3-5-10(15)6-4-9/h3-6,14-15H,2,7-8H2,1H3. The maximum atomic E-state index is 11.7. The van der Waals surface area contributed by atoms with Crippen molar-refractivity contribution in [1.29, 1.82) is 0 Å². The number of nitrogens with zero attached hydrogens (tertiary/aromatic N) is 1. The number of carbonyl (C=O) groups is 2. The van der Waals surface area contributed by atoms with Gasteiger partial charge in [0.2, 0.25) is 5.78 Å². The van der Waals surface area contributed by atoms with Crippen molar-refractivity contribution in [1.82, 2.24) is 4.90 Å². The Bertz CT molecular complexity index is 399. The number of carbonyl (C=O) groups excluding carboxylic acids is 2. The number of benzene rings is 1. The lowest BCUT2D eigenvalue weighted by atomic mass is 10.1. The van der Waals surface area contributed by atoms with Crippen LogP contribution in [0.5, 0.6) is 5.75 Å². The molecule has 0 aliphatic heterocycles. The molecular formula is C12H15NO4. The summed E-state index contributed by atoms with van der Waals surface area (Å²) in [5, 5.41) is 17.7. The number of hydrogen-bond donors (Lipinski definition) is 2. The van der Waals surface area contributed by atoms with E-state index in [1.54, 1.807) is 0 Å². The molecule has 1 rings (SSSR count). The number of amides is 1. The van der Waals surface area contributed by atoms with Crippen LogP contribution in [0.1, 0.15) is 16.8 Å². The zero-order chi connectivity index (χ0) is 12.8. The van der Waals surface area contributed by atoms with Gasteiger partial charge in [0.1, 0.15) is 5.75 Å². The fourth-order valence-electron chi connectivity index (χ4n) is 1.32. The van der Waals surface area contributed by atoms with Gasteiger partial charge in [-0.25, -0.2) is 0 Å². The molecule has 0 atom stereocenters. The molecule has 2 N–H and O–H groups in total. The molecule has 0 spiro atoms. The second-order valence-corrected chi connectivity index (χ2v) is 3.68. The second kappa shape index (κ2) is 6.00. The van der Waals surface area contributed by atoms with Gasteiger partial charge in [0, 0.05) is 25.8 Å². The van der Waals surface area contributed by atoms with E-state index in [0.29, 0.717) is 13.0 Å². The van der Waals surface area contributed by atoms with Crippen LogP contribution < -0.4 is 0 Å². The van der Waals surface area contributed by atoms with Gasteiger partial charge in [-0.3, -0.25) is 9.59 Å². The average Bonchev–Trinajstić information content (AvgIpc) is 2.35. The van der Waals surface area contributed by atoms with Gasteiger partial charge >= 0.3 is 0 Å². The molecule has 0 heterocycles. The smallest absolute Gasteiger partial charge is 0.294 e. The van der Waals surface area contributed by atoms with E-state index in [0.717, 1.165) is 0 Å². The normalized spacial score (nSPS) is 10.0. The monoisotopic (exact) mass is 237 g/mol. The third kappa shape index (κ3) is 3.57. The Morgan fingerprint density at radius 3 is 2.35 bits per heavy atom. The summed E-state index contributed by atoms with van der Waals surface area (Å²) >= 11 is 0. The Balaban J connectivity index is 2.69. The maximum absolute atomic E-state index is 11.7. The molecule has 0 unspecified atom stereocenters. The fourth-order valence-corrected chi connectivity index (χ4v) is 1.32. The van der Waals surface area contributed by atoms with E-state index >= 15 is 0 Å². The van der Waals surface area contributed by atoms with Crippen LogP contribution in [0.3, 0.4) is 0 Å². The molecule has 5 nitrogen and oxygen atoms in total. The van der Waals surface area contributed by atoms with Crippen LogP contribution in [0.2, 0.25) is 0 Å². The molecule has 92 valence electrons. The molecule has 0 saturated heterocycles. The van der Waals surface area contributed by atoms with E-state index in [-0.39, 0.29) is 17.9 Å². The number of aliphatic hydroxyl groups excluding tert-OH is 1. The Morgan fingerprint density at radius 1 is 1.24 bits per heavy atom. The molecule has 0 aliphatic rings. The van der Waals surface area contributed by atoms with Crippen molar-refractivity contribution >= 4 is 11.7 Å². The van der Waals surface area contributed by atoms with E-state index in [1.807, 2.05) is 0 Å². The van der Waals surface area contributed by atoms with Gasteiger partial charge in [0.25, 0.3) is 5.91 Å². The minimum Gasteiger partial charge on any atom is -0.508 e. The zero-order valence-corrected chi connectivity index (χ0v) is 9.59. The van der Waals surface area contributed by atoms with E-state index < -0.39 is 11.7 Å². The van der Waals surface area contributed by atoms with Crippen molar-refractivity contribution in [3.05, 3.63) is 29.8 Å². The lowest BCUT2D eigenvalue weighted by molar-refractivity contribution is -0.125. The summed E-state index contributed by atoms with van der Waals surface area (Å²) in [6, 6.07) is 5.51. The van der Waals surface area contributed by atoms with Crippen LogP contribution in [0.25, 0.3) is 0 Å². The number of ketones is 1. The highest BCUT2D eigenvalue weighted by molar-refractivity contribution is 6.42. The SMILES string of the molecule is CN(CCCO)C(=O)C(=O)c1ccc(O)cc1. The number of aromatic hydroxyl groups is 1. The van der Waals surface area contributed by atoms with Crippen molar-refractivity contribution in [3.63, 3.8) is 0 Å². The molecule has 0 fully saturated rings. The molecular weight excluding hydrogens is 222 g/mol. The maximum Gasteiger partial charge on any atom is 0.294 e. The Labute approximate surface area is 99.3 Å². The summed E-state index contributed by atoms with van der Waals surface area (Å²) in [5.74, 6) is -1.20. The first kappa shape index (κ1) is 13.2. The van der Waals surface area contributed by atoms with Crippen LogP contribution in [0.4, 0.5) is 0 Å². The molecule has 0 aromatic heterocycles. The molecule has 0 bridgehead atoms. The average molecular weight is 237 g/mol. The van der Waals surface area contributed by atoms with Gasteiger partial charge in [-0.1, -0.05) is 0 Å². The fraction of sp³-hybridized carbons (Fsp3) is 0.333. The molecule has 0 aliphatic carbocycles. The van der Waals surface area contributed by atoms with Crippen molar-refractivity contribution < 1.29 is 19.8 Å². The summed E-state index contributed by atoms with van der Waals surface area (Å²) in [4.78, 5) is 24.7. The number of aliphatic hydroxyl groups is 1. The lowest BCUT2D eigenvalue weighted by Crippen LogP contribution is -2.34. The van der Waals surface area contributed by atoms with Gasteiger partial charge in [0.05, 0.1) is 0 Å². The van der Waals surface area contributed by atoms with Gasteiger partial charge in [-0.2, -0.15) is 0 Å². The first-order valence-electron chi connectivity index (χ1n) is 5.26. The highest BCUT2D eigenvalue weighted by atomic mass is 16.3. The van der Waals surface area contributed by atoms with Crippen LogP contribution in [-0.2, 0) is 4.79 Å². The first-order valence-corrected chi connectivity index (χ1v) is 5.26. The van der Waals surface area contributed by atoms with Crippen LogP contribution in [0.15, 0.2) is 24.3 Å². The third-order valence-corrected chi connectivity index (χ3v) is 2.32. The van der Waals surface area contributed by atoms with Gasteiger partial charge in [-0.05, 0) is 30.7 Å². The summed E-state index contributed by atoms with van der Waals surface area (Å²) < 4.78 is 0. The molecule has 5 heteroatoms. The molecule has 1 aromatic rings. The predicted octanol–water partition coefficient (Wildman–Crippen LogP) is 0.416. The summed E-state index contributed by atoms with van der Waals surface area (Å²) in [7, 11) is 1.51. The van der Waals surface area contributed by atoms with Crippen molar-refractivity contribution in [2.45, 2.75) is 6.42 Å². The van der Waals surface area contributed by atoms with E-state index in [2.05, 4.69) is 0 Å². The van der Waals surface area contributed by atoms with Crippen LogP contribution in [-0.4, -0.2) is 47.0 Å². The predicted molar refractivity (Wildman–Crippen MR) is 61.8 cm³/mol. The van der Waals surface area contributed by atoms with Crippen molar-refractivity contribution in [2.75, 3.05) is 20.2 Å². The van der Waals surface area contributed by atoms with Crippen LogP contribution >= 0.6 is 0 Å². The molecule has 1 amide bonds.